The minimum Gasteiger partial charge on any atom is -0.349 e. The number of hydrogen-bond acceptors (Lipinski definition) is 2. The van der Waals surface area contributed by atoms with Gasteiger partial charge in [0.05, 0.1) is 13.2 Å². The molecule has 0 N–H and O–H groups in total. The van der Waals surface area contributed by atoms with Crippen LogP contribution in [0, 0.1) is 16.7 Å². The molecule has 3 heteroatoms. The molecular weight excluding hydrogens is 292 g/mol. The maximum Gasteiger partial charge on any atom is 0.174 e. The number of hydrogen-bond donors (Lipinski definition) is 0. The van der Waals surface area contributed by atoms with Crippen LogP contribution in [0.4, 0.5) is 0 Å². The summed E-state index contributed by atoms with van der Waals surface area (Å²) in [6.07, 6.45) is 5.25. The molecule has 1 spiro atoms. The Hall–Kier alpha value is 0.140. The van der Waals surface area contributed by atoms with E-state index >= 15 is 0 Å². The molecule has 1 aliphatic heterocycles. The fraction of sp³-hybridized carbons (Fsp3) is 0.867. The maximum atomic E-state index is 6.25. The molecule has 0 radical (unpaired) electrons. The molecule has 2 aliphatic rings. The van der Waals surface area contributed by atoms with Gasteiger partial charge in [0.1, 0.15) is 0 Å². The van der Waals surface area contributed by atoms with Crippen molar-refractivity contribution in [2.45, 2.75) is 45.8 Å². The van der Waals surface area contributed by atoms with Gasteiger partial charge in [-0.15, -0.1) is 6.58 Å². The van der Waals surface area contributed by atoms with Crippen molar-refractivity contribution in [1.29, 1.82) is 0 Å². The minimum atomic E-state index is -0.394. The van der Waals surface area contributed by atoms with E-state index in [9.17, 15) is 0 Å². The number of allylic oxidation sites excluding steroid dienone is 1. The van der Waals surface area contributed by atoms with Crippen molar-refractivity contribution in [3.63, 3.8) is 0 Å². The maximum absolute atomic E-state index is 6.25. The Balaban J connectivity index is 2.24. The molecule has 0 aromatic rings. The van der Waals surface area contributed by atoms with Gasteiger partial charge in [0.25, 0.3) is 0 Å². The standard InChI is InChI=1S/C15H25BrO2/c1-5-12-6-7-15(14(12,4)8-9-16)17-10-13(2,3)11-18-15/h5,12H,1,6-11H2,2-4H3/t12-,14+/m1/s1. The van der Waals surface area contributed by atoms with Crippen molar-refractivity contribution in [2.75, 3.05) is 18.5 Å². The van der Waals surface area contributed by atoms with Gasteiger partial charge in [0.15, 0.2) is 5.79 Å². The molecule has 0 bridgehead atoms. The van der Waals surface area contributed by atoms with Gasteiger partial charge in [-0.3, -0.25) is 0 Å². The van der Waals surface area contributed by atoms with E-state index in [1.165, 1.54) is 0 Å². The average Bonchev–Trinajstić information content (AvgIpc) is 2.57. The van der Waals surface area contributed by atoms with Crippen molar-refractivity contribution in [3.05, 3.63) is 12.7 Å². The van der Waals surface area contributed by atoms with E-state index in [0.29, 0.717) is 5.92 Å². The molecule has 104 valence electrons. The number of rotatable bonds is 3. The second-order valence-corrected chi connectivity index (χ2v) is 7.52. The van der Waals surface area contributed by atoms with Crippen LogP contribution < -0.4 is 0 Å². The zero-order valence-electron chi connectivity index (χ0n) is 11.8. The van der Waals surface area contributed by atoms with Gasteiger partial charge in [-0.25, -0.2) is 0 Å². The molecule has 2 nitrogen and oxygen atoms in total. The van der Waals surface area contributed by atoms with Gasteiger partial charge >= 0.3 is 0 Å². The largest absolute Gasteiger partial charge is 0.349 e. The van der Waals surface area contributed by atoms with Crippen LogP contribution in [0.3, 0.4) is 0 Å². The highest BCUT2D eigenvalue weighted by molar-refractivity contribution is 9.09. The molecule has 1 aliphatic carbocycles. The summed E-state index contributed by atoms with van der Waals surface area (Å²) >= 11 is 3.58. The molecule has 2 rings (SSSR count). The lowest BCUT2D eigenvalue weighted by atomic mass is 9.73. The van der Waals surface area contributed by atoms with Crippen molar-refractivity contribution in [2.24, 2.45) is 16.7 Å². The Labute approximate surface area is 119 Å². The van der Waals surface area contributed by atoms with Crippen molar-refractivity contribution in [3.8, 4) is 0 Å². The summed E-state index contributed by atoms with van der Waals surface area (Å²) in [5.41, 5.74) is 0.168. The Morgan fingerprint density at radius 1 is 1.28 bits per heavy atom. The SMILES string of the molecule is C=C[C@@H]1CCC2(OCC(C)(C)CO2)[C@@]1(C)CCBr. The first-order valence-corrected chi connectivity index (χ1v) is 7.98. The van der Waals surface area contributed by atoms with Crippen LogP contribution in [0.1, 0.15) is 40.0 Å². The van der Waals surface area contributed by atoms with Gasteiger partial charge in [-0.1, -0.05) is 42.8 Å². The molecule has 1 saturated heterocycles. The molecule has 0 aromatic heterocycles. The van der Waals surface area contributed by atoms with E-state index in [4.69, 9.17) is 9.47 Å². The monoisotopic (exact) mass is 316 g/mol. The van der Waals surface area contributed by atoms with Crippen molar-refractivity contribution >= 4 is 15.9 Å². The smallest absolute Gasteiger partial charge is 0.174 e. The molecule has 18 heavy (non-hydrogen) atoms. The minimum absolute atomic E-state index is 0.0365. The molecule has 2 fully saturated rings. The average molecular weight is 317 g/mol. The Kier molecular flexibility index (Phi) is 3.97. The van der Waals surface area contributed by atoms with Crippen LogP contribution in [0.5, 0.6) is 0 Å². The molecule has 0 unspecified atom stereocenters. The highest BCUT2D eigenvalue weighted by Crippen LogP contribution is 2.57. The first-order valence-electron chi connectivity index (χ1n) is 6.86. The summed E-state index contributed by atoms with van der Waals surface area (Å²) in [5, 5.41) is 0.978. The lowest BCUT2D eigenvalue weighted by Crippen LogP contribution is -2.55. The molecular formula is C15H25BrO2. The Bertz CT molecular complexity index is 316. The van der Waals surface area contributed by atoms with E-state index in [1.807, 2.05) is 0 Å². The van der Waals surface area contributed by atoms with E-state index < -0.39 is 5.79 Å². The summed E-state index contributed by atoms with van der Waals surface area (Å²) in [6.45, 7) is 12.3. The van der Waals surface area contributed by atoms with Gasteiger partial charge in [-0.05, 0) is 18.8 Å². The highest BCUT2D eigenvalue weighted by Gasteiger charge is 2.60. The van der Waals surface area contributed by atoms with Gasteiger partial charge in [-0.2, -0.15) is 0 Å². The van der Waals surface area contributed by atoms with E-state index in [-0.39, 0.29) is 10.8 Å². The Morgan fingerprint density at radius 2 is 1.89 bits per heavy atom. The van der Waals surface area contributed by atoms with Crippen molar-refractivity contribution in [1.82, 2.24) is 0 Å². The summed E-state index contributed by atoms with van der Waals surface area (Å²) in [4.78, 5) is 0. The molecule has 0 aromatic carbocycles. The van der Waals surface area contributed by atoms with Crippen LogP contribution in [-0.4, -0.2) is 24.3 Å². The van der Waals surface area contributed by atoms with Gasteiger partial charge < -0.3 is 9.47 Å². The van der Waals surface area contributed by atoms with E-state index in [1.54, 1.807) is 0 Å². The third kappa shape index (κ3) is 2.19. The second kappa shape index (κ2) is 4.92. The van der Waals surface area contributed by atoms with Gasteiger partial charge in [0.2, 0.25) is 0 Å². The van der Waals surface area contributed by atoms with Crippen molar-refractivity contribution < 1.29 is 9.47 Å². The molecule has 2 atom stereocenters. The highest BCUT2D eigenvalue weighted by atomic mass is 79.9. The predicted molar refractivity (Wildman–Crippen MR) is 77.9 cm³/mol. The lowest BCUT2D eigenvalue weighted by molar-refractivity contribution is -0.338. The fourth-order valence-electron chi connectivity index (χ4n) is 3.36. The summed E-state index contributed by atoms with van der Waals surface area (Å²) in [5.74, 6) is 0.0889. The van der Waals surface area contributed by atoms with Crippen LogP contribution >= 0.6 is 15.9 Å². The fourth-order valence-corrected chi connectivity index (χ4v) is 4.19. The van der Waals surface area contributed by atoms with Crippen LogP contribution in [0.25, 0.3) is 0 Å². The first-order chi connectivity index (χ1) is 8.39. The van der Waals surface area contributed by atoms with E-state index in [2.05, 4.69) is 49.4 Å². The lowest BCUT2D eigenvalue weighted by Gasteiger charge is -2.50. The Morgan fingerprint density at radius 3 is 2.39 bits per heavy atom. The summed E-state index contributed by atoms with van der Waals surface area (Å²) < 4.78 is 12.5. The summed E-state index contributed by atoms with van der Waals surface area (Å²) in [7, 11) is 0. The molecule has 1 heterocycles. The normalized spacial score (nSPS) is 37.9. The van der Waals surface area contributed by atoms with Gasteiger partial charge in [0, 0.05) is 22.6 Å². The van der Waals surface area contributed by atoms with Crippen LogP contribution in [0.2, 0.25) is 0 Å². The third-order valence-electron chi connectivity index (χ3n) is 4.76. The third-order valence-corrected chi connectivity index (χ3v) is 5.16. The predicted octanol–water partition coefficient (Wildman–Crippen LogP) is 4.14. The molecule has 1 saturated carbocycles. The first kappa shape index (κ1) is 14.5. The quantitative estimate of drug-likeness (QED) is 0.575. The zero-order valence-corrected chi connectivity index (χ0v) is 13.4. The number of ether oxygens (including phenoxy) is 2. The topological polar surface area (TPSA) is 18.5 Å². The van der Waals surface area contributed by atoms with E-state index in [0.717, 1.165) is 37.8 Å². The second-order valence-electron chi connectivity index (χ2n) is 6.73. The molecule has 0 amide bonds. The van der Waals surface area contributed by atoms with Crippen LogP contribution in [0.15, 0.2) is 12.7 Å². The summed E-state index contributed by atoms with van der Waals surface area (Å²) in [6, 6.07) is 0. The zero-order chi connectivity index (χ0) is 13.4. The number of halogens is 1. The van der Waals surface area contributed by atoms with Crippen LogP contribution in [-0.2, 0) is 9.47 Å². The number of alkyl halides is 1.